The van der Waals surface area contributed by atoms with Crippen LogP contribution in [0, 0.1) is 0 Å². The normalized spacial score (nSPS) is 14.4. The fourth-order valence-corrected chi connectivity index (χ4v) is 4.14. The molecule has 0 amide bonds. The highest BCUT2D eigenvalue weighted by molar-refractivity contribution is 5.71. The number of para-hydroxylation sites is 2. The minimum Gasteiger partial charge on any atom is -0.378 e. The lowest BCUT2D eigenvalue weighted by Crippen LogP contribution is -2.28. The summed E-state index contributed by atoms with van der Waals surface area (Å²) >= 11 is 0. The Morgan fingerprint density at radius 2 is 1.55 bits per heavy atom. The summed E-state index contributed by atoms with van der Waals surface area (Å²) in [4.78, 5) is 5.00. The highest BCUT2D eigenvalue weighted by atomic mass is 16.5. The van der Waals surface area contributed by atoms with Crippen LogP contribution in [0.4, 0.5) is 11.4 Å². The molecule has 1 aliphatic rings. The van der Waals surface area contributed by atoms with Crippen molar-refractivity contribution in [3.63, 3.8) is 0 Å². The summed E-state index contributed by atoms with van der Waals surface area (Å²) in [5.41, 5.74) is 5.71. The van der Waals surface area contributed by atoms with Crippen LogP contribution in [-0.2, 0) is 17.6 Å². The molecule has 0 aromatic heterocycles. The number of hydrogen-bond donors (Lipinski definition) is 0. The van der Waals surface area contributed by atoms with Crippen molar-refractivity contribution in [2.24, 2.45) is 0 Å². The van der Waals surface area contributed by atoms with E-state index in [1.165, 1.54) is 35.3 Å². The second-order valence-corrected chi connectivity index (χ2v) is 8.39. The van der Waals surface area contributed by atoms with Crippen molar-refractivity contribution in [3.05, 3.63) is 59.7 Å². The van der Waals surface area contributed by atoms with Crippen LogP contribution in [0.15, 0.2) is 48.5 Å². The third-order valence-corrected chi connectivity index (χ3v) is 5.97. The van der Waals surface area contributed by atoms with Gasteiger partial charge in [-0.15, -0.1) is 0 Å². The van der Waals surface area contributed by atoms with Crippen molar-refractivity contribution in [1.82, 2.24) is 4.90 Å². The first kappa shape index (κ1) is 21.9. The maximum atomic E-state index is 5.89. The van der Waals surface area contributed by atoms with E-state index in [4.69, 9.17) is 4.74 Å². The maximum absolute atomic E-state index is 5.89. The van der Waals surface area contributed by atoms with Gasteiger partial charge < -0.3 is 14.5 Å². The molecule has 0 saturated heterocycles. The van der Waals surface area contributed by atoms with Crippen LogP contribution in [-0.4, -0.2) is 44.3 Å². The average Bonchev–Trinajstić information content (AvgIpc) is 2.90. The molecule has 2 aromatic rings. The van der Waals surface area contributed by atoms with Gasteiger partial charge in [-0.3, -0.25) is 0 Å². The molecule has 2 aromatic carbocycles. The molecule has 0 fully saturated rings. The molecule has 0 radical (unpaired) electrons. The van der Waals surface area contributed by atoms with Crippen LogP contribution in [0.3, 0.4) is 0 Å². The topological polar surface area (TPSA) is 15.7 Å². The van der Waals surface area contributed by atoms with E-state index in [1.807, 2.05) is 0 Å². The zero-order chi connectivity index (χ0) is 20.5. The number of benzene rings is 2. The minimum absolute atomic E-state index is 0.355. The van der Waals surface area contributed by atoms with E-state index in [9.17, 15) is 0 Å². The van der Waals surface area contributed by atoms with Crippen LogP contribution in [0.1, 0.15) is 50.7 Å². The fraction of sp³-hybridized carbons (Fsp3) is 0.538. The lowest BCUT2D eigenvalue weighted by Gasteiger charge is -2.28. The Bertz CT molecular complexity index is 697. The van der Waals surface area contributed by atoms with Crippen LogP contribution < -0.4 is 4.90 Å². The summed E-state index contributed by atoms with van der Waals surface area (Å²) in [7, 11) is 2.24. The number of ether oxygens (including phenoxy) is 1. The number of unbranched alkanes of at least 4 members (excludes halogenated alkanes) is 1. The standard InChI is InChI=1S/C26H38N2O/c1-4-5-21-29-22(2)17-20-27(3)18-10-19-28-25-13-8-6-11-23(25)15-16-24-12-7-9-14-26(24)28/h6-9,11-14,22H,4-5,10,15-21H2,1-3H3. The van der Waals surface area contributed by atoms with Gasteiger partial charge in [-0.25, -0.2) is 0 Å². The van der Waals surface area contributed by atoms with Crippen molar-refractivity contribution in [2.45, 2.75) is 58.5 Å². The van der Waals surface area contributed by atoms with Gasteiger partial charge in [0.25, 0.3) is 0 Å². The molecule has 1 unspecified atom stereocenters. The molecule has 158 valence electrons. The van der Waals surface area contributed by atoms with E-state index in [0.29, 0.717) is 6.10 Å². The third-order valence-electron chi connectivity index (χ3n) is 5.97. The Balaban J connectivity index is 1.54. The van der Waals surface area contributed by atoms with Crippen molar-refractivity contribution in [3.8, 4) is 0 Å². The Morgan fingerprint density at radius 3 is 2.17 bits per heavy atom. The van der Waals surface area contributed by atoms with Gasteiger partial charge in [-0.1, -0.05) is 49.7 Å². The predicted octanol–water partition coefficient (Wildman–Crippen LogP) is 5.84. The Kier molecular flexibility index (Phi) is 8.57. The summed E-state index contributed by atoms with van der Waals surface area (Å²) in [5, 5.41) is 0. The second-order valence-electron chi connectivity index (χ2n) is 8.39. The minimum atomic E-state index is 0.355. The summed E-state index contributed by atoms with van der Waals surface area (Å²) in [6.07, 6.45) is 7.24. The lowest BCUT2D eigenvalue weighted by atomic mass is 10.0. The van der Waals surface area contributed by atoms with E-state index in [0.717, 1.165) is 51.9 Å². The first-order valence-corrected chi connectivity index (χ1v) is 11.4. The highest BCUT2D eigenvalue weighted by Gasteiger charge is 2.19. The van der Waals surface area contributed by atoms with Crippen LogP contribution >= 0.6 is 0 Å². The van der Waals surface area contributed by atoms with Gasteiger partial charge in [0.15, 0.2) is 0 Å². The zero-order valence-electron chi connectivity index (χ0n) is 18.6. The van der Waals surface area contributed by atoms with Gasteiger partial charge >= 0.3 is 0 Å². The first-order valence-electron chi connectivity index (χ1n) is 11.4. The molecular weight excluding hydrogens is 356 g/mol. The van der Waals surface area contributed by atoms with E-state index in [1.54, 1.807) is 0 Å². The molecule has 0 saturated carbocycles. The summed E-state index contributed by atoms with van der Waals surface area (Å²) in [6.45, 7) is 8.58. The van der Waals surface area contributed by atoms with Crippen molar-refractivity contribution in [2.75, 3.05) is 38.2 Å². The molecule has 1 heterocycles. The van der Waals surface area contributed by atoms with Crippen molar-refractivity contribution >= 4 is 11.4 Å². The summed E-state index contributed by atoms with van der Waals surface area (Å²) in [5.74, 6) is 0. The zero-order valence-corrected chi connectivity index (χ0v) is 18.6. The molecule has 0 aliphatic carbocycles. The van der Waals surface area contributed by atoms with E-state index >= 15 is 0 Å². The molecule has 3 nitrogen and oxygen atoms in total. The number of rotatable bonds is 11. The van der Waals surface area contributed by atoms with Crippen LogP contribution in [0.25, 0.3) is 0 Å². The van der Waals surface area contributed by atoms with Crippen LogP contribution in [0.5, 0.6) is 0 Å². The number of hydrogen-bond acceptors (Lipinski definition) is 3. The van der Waals surface area contributed by atoms with Gasteiger partial charge in [0.1, 0.15) is 0 Å². The Hall–Kier alpha value is -1.84. The fourth-order valence-electron chi connectivity index (χ4n) is 4.14. The number of fused-ring (bicyclic) bond motifs is 2. The van der Waals surface area contributed by atoms with Crippen molar-refractivity contribution < 1.29 is 4.74 Å². The lowest BCUT2D eigenvalue weighted by molar-refractivity contribution is 0.0522. The van der Waals surface area contributed by atoms with Crippen molar-refractivity contribution in [1.29, 1.82) is 0 Å². The number of anilines is 2. The largest absolute Gasteiger partial charge is 0.378 e. The Labute approximate surface area is 177 Å². The molecule has 3 rings (SSSR count). The SMILES string of the molecule is CCCCOC(C)CCN(C)CCCN1c2ccccc2CCc2ccccc21. The van der Waals surface area contributed by atoms with Crippen LogP contribution in [0.2, 0.25) is 0 Å². The predicted molar refractivity (Wildman–Crippen MR) is 124 cm³/mol. The Morgan fingerprint density at radius 1 is 0.931 bits per heavy atom. The molecule has 29 heavy (non-hydrogen) atoms. The van der Waals surface area contributed by atoms with E-state index < -0.39 is 0 Å². The van der Waals surface area contributed by atoms with E-state index in [-0.39, 0.29) is 0 Å². The van der Waals surface area contributed by atoms with Gasteiger partial charge in [-0.2, -0.15) is 0 Å². The average molecular weight is 395 g/mol. The van der Waals surface area contributed by atoms with Gasteiger partial charge in [-0.05, 0) is 75.9 Å². The molecule has 0 bridgehead atoms. The quantitative estimate of drug-likeness (QED) is 0.445. The molecule has 1 aliphatic heterocycles. The van der Waals surface area contributed by atoms with Gasteiger partial charge in [0, 0.05) is 31.1 Å². The molecule has 3 heteroatoms. The number of aryl methyl sites for hydroxylation is 2. The summed E-state index contributed by atoms with van der Waals surface area (Å²) < 4.78 is 5.89. The third kappa shape index (κ3) is 6.32. The van der Waals surface area contributed by atoms with Gasteiger partial charge in [0.05, 0.1) is 6.10 Å². The molecule has 0 N–H and O–H groups in total. The summed E-state index contributed by atoms with van der Waals surface area (Å²) in [6, 6.07) is 17.8. The highest BCUT2D eigenvalue weighted by Crippen LogP contribution is 2.35. The molecular formula is C26H38N2O. The maximum Gasteiger partial charge on any atom is 0.0559 e. The first-order chi connectivity index (χ1) is 14.2. The second kappa shape index (κ2) is 11.4. The molecule has 0 spiro atoms. The van der Waals surface area contributed by atoms with Gasteiger partial charge in [0.2, 0.25) is 0 Å². The number of nitrogens with zero attached hydrogens (tertiary/aromatic N) is 2. The smallest absolute Gasteiger partial charge is 0.0559 e. The molecule has 1 atom stereocenters. The van der Waals surface area contributed by atoms with E-state index in [2.05, 4.69) is 79.2 Å². The monoisotopic (exact) mass is 394 g/mol.